The van der Waals surface area contributed by atoms with Crippen LogP contribution in [0, 0.1) is 5.92 Å². The molecule has 124 valence electrons. The number of hydrogen-bond donors (Lipinski definition) is 2. The topological polar surface area (TPSA) is 88.1 Å². The Balaban J connectivity index is 1.46. The van der Waals surface area contributed by atoms with E-state index in [1.54, 1.807) is 4.90 Å². The molecule has 3 rings (SSSR count). The lowest BCUT2D eigenvalue weighted by atomic mass is 10.1. The zero-order chi connectivity index (χ0) is 16.2. The van der Waals surface area contributed by atoms with Crippen LogP contribution in [0.2, 0.25) is 0 Å². The van der Waals surface area contributed by atoms with E-state index >= 15 is 0 Å². The molecule has 0 aliphatic carbocycles. The number of rotatable bonds is 4. The molecule has 0 spiro atoms. The van der Waals surface area contributed by atoms with Crippen molar-refractivity contribution < 1.29 is 24.2 Å². The lowest BCUT2D eigenvalue weighted by molar-refractivity contribution is -0.141. The lowest BCUT2D eigenvalue weighted by Gasteiger charge is -2.19. The van der Waals surface area contributed by atoms with Crippen molar-refractivity contribution in [1.29, 1.82) is 0 Å². The van der Waals surface area contributed by atoms with Crippen molar-refractivity contribution in [2.45, 2.75) is 12.8 Å². The zero-order valence-corrected chi connectivity index (χ0v) is 12.8. The van der Waals surface area contributed by atoms with E-state index in [-0.39, 0.29) is 12.6 Å². The van der Waals surface area contributed by atoms with Gasteiger partial charge in [-0.25, -0.2) is 4.79 Å². The monoisotopic (exact) mass is 320 g/mol. The molecule has 1 aromatic rings. The number of nitrogens with zero attached hydrogens (tertiary/aromatic N) is 1. The summed E-state index contributed by atoms with van der Waals surface area (Å²) in [4.78, 5) is 24.5. The number of carboxylic acid groups (broad SMARTS) is 1. The Bertz CT molecular complexity index is 604. The molecule has 2 heterocycles. The predicted octanol–water partition coefficient (Wildman–Crippen LogP) is 1.12. The molecule has 2 aliphatic heterocycles. The van der Waals surface area contributed by atoms with Gasteiger partial charge in [-0.2, -0.15) is 0 Å². The van der Waals surface area contributed by atoms with Crippen LogP contribution >= 0.6 is 0 Å². The lowest BCUT2D eigenvalue weighted by Crippen LogP contribution is -2.39. The van der Waals surface area contributed by atoms with Crippen LogP contribution in [0.5, 0.6) is 11.5 Å². The minimum absolute atomic E-state index is 0.203. The van der Waals surface area contributed by atoms with Gasteiger partial charge >= 0.3 is 12.0 Å². The molecule has 1 aromatic carbocycles. The van der Waals surface area contributed by atoms with Gasteiger partial charge in [0.1, 0.15) is 13.2 Å². The first-order valence-electron chi connectivity index (χ1n) is 7.77. The molecule has 2 N–H and O–H groups in total. The third-order valence-corrected chi connectivity index (χ3v) is 4.12. The van der Waals surface area contributed by atoms with Crippen LogP contribution in [-0.4, -0.2) is 54.9 Å². The third-order valence-electron chi connectivity index (χ3n) is 4.12. The summed E-state index contributed by atoms with van der Waals surface area (Å²) in [5.41, 5.74) is 1.05. The number of carboxylic acids is 1. The molecule has 1 unspecified atom stereocenters. The number of hydrogen-bond acceptors (Lipinski definition) is 4. The second kappa shape index (κ2) is 6.76. The first-order valence-corrected chi connectivity index (χ1v) is 7.77. The number of nitrogens with one attached hydrogen (secondary N) is 1. The van der Waals surface area contributed by atoms with Gasteiger partial charge in [0.05, 0.1) is 5.92 Å². The van der Waals surface area contributed by atoms with E-state index in [2.05, 4.69) is 5.32 Å². The summed E-state index contributed by atoms with van der Waals surface area (Å²) >= 11 is 0. The second-order valence-electron chi connectivity index (χ2n) is 5.73. The van der Waals surface area contributed by atoms with E-state index in [0.29, 0.717) is 39.1 Å². The molecule has 7 heteroatoms. The fourth-order valence-corrected chi connectivity index (χ4v) is 2.82. The number of urea groups is 1. The normalized spacial score (nSPS) is 19.5. The number of aliphatic carboxylic acids is 1. The van der Waals surface area contributed by atoms with Crippen LogP contribution < -0.4 is 14.8 Å². The van der Waals surface area contributed by atoms with Crippen molar-refractivity contribution in [3.8, 4) is 11.5 Å². The Labute approximate surface area is 134 Å². The van der Waals surface area contributed by atoms with Crippen molar-refractivity contribution in [1.82, 2.24) is 10.2 Å². The highest BCUT2D eigenvalue weighted by Crippen LogP contribution is 2.30. The highest BCUT2D eigenvalue weighted by Gasteiger charge is 2.30. The van der Waals surface area contributed by atoms with Crippen LogP contribution in [0.25, 0.3) is 0 Å². The number of fused-ring (bicyclic) bond motifs is 1. The number of benzene rings is 1. The van der Waals surface area contributed by atoms with Gasteiger partial charge < -0.3 is 24.8 Å². The van der Waals surface area contributed by atoms with Gasteiger partial charge in [-0.05, 0) is 30.5 Å². The average Bonchev–Trinajstić information content (AvgIpc) is 3.05. The molecule has 0 saturated carbocycles. The summed E-state index contributed by atoms with van der Waals surface area (Å²) in [6.45, 7) is 2.38. The molecule has 1 atom stereocenters. The molecule has 2 aliphatic rings. The first-order chi connectivity index (χ1) is 11.1. The smallest absolute Gasteiger partial charge is 0.317 e. The van der Waals surface area contributed by atoms with Crippen molar-refractivity contribution in [2.24, 2.45) is 5.92 Å². The number of ether oxygens (including phenoxy) is 2. The van der Waals surface area contributed by atoms with E-state index in [0.717, 1.165) is 17.1 Å². The SMILES string of the molecule is O=C(O)C1CCN(C(=O)NCCc2ccc3c(c2)OCCO3)C1. The number of carbonyl (C=O) groups excluding carboxylic acids is 1. The molecular formula is C16H20N2O5. The molecule has 0 bridgehead atoms. The van der Waals surface area contributed by atoms with Crippen molar-refractivity contribution in [3.05, 3.63) is 23.8 Å². The standard InChI is InChI=1S/C16H20N2O5/c19-15(20)12-4-6-18(10-12)16(21)17-5-3-11-1-2-13-14(9-11)23-8-7-22-13/h1-2,9,12H,3-8,10H2,(H,17,21)(H,19,20). The fraction of sp³-hybridized carbons (Fsp3) is 0.500. The van der Waals surface area contributed by atoms with Crippen molar-refractivity contribution in [2.75, 3.05) is 32.8 Å². The number of carbonyl (C=O) groups is 2. The highest BCUT2D eigenvalue weighted by molar-refractivity contribution is 5.77. The summed E-state index contributed by atoms with van der Waals surface area (Å²) in [6.07, 6.45) is 1.20. The maximum atomic E-state index is 12.0. The van der Waals surface area contributed by atoms with Crippen molar-refractivity contribution >= 4 is 12.0 Å². The summed E-state index contributed by atoms with van der Waals surface area (Å²) in [7, 11) is 0. The Morgan fingerprint density at radius 2 is 2.04 bits per heavy atom. The molecule has 2 amide bonds. The van der Waals surface area contributed by atoms with Crippen LogP contribution in [-0.2, 0) is 11.2 Å². The molecular weight excluding hydrogens is 300 g/mol. The first kappa shape index (κ1) is 15.5. The van der Waals surface area contributed by atoms with Gasteiger partial charge in [0.15, 0.2) is 11.5 Å². The fourth-order valence-electron chi connectivity index (χ4n) is 2.82. The van der Waals surface area contributed by atoms with Gasteiger partial charge in [-0.3, -0.25) is 4.79 Å². The Kier molecular flexibility index (Phi) is 4.55. The third kappa shape index (κ3) is 3.67. The predicted molar refractivity (Wildman–Crippen MR) is 81.9 cm³/mol. The zero-order valence-electron chi connectivity index (χ0n) is 12.8. The molecule has 0 aromatic heterocycles. The van der Waals surface area contributed by atoms with E-state index in [1.807, 2.05) is 18.2 Å². The summed E-state index contributed by atoms with van der Waals surface area (Å²) in [5, 5.41) is 11.8. The van der Waals surface area contributed by atoms with E-state index in [4.69, 9.17) is 14.6 Å². The van der Waals surface area contributed by atoms with E-state index in [9.17, 15) is 9.59 Å². The molecule has 1 fully saturated rings. The van der Waals surface area contributed by atoms with Gasteiger partial charge in [0.2, 0.25) is 0 Å². The highest BCUT2D eigenvalue weighted by atomic mass is 16.6. The average molecular weight is 320 g/mol. The van der Waals surface area contributed by atoms with Crippen LogP contribution in [0.1, 0.15) is 12.0 Å². The summed E-state index contributed by atoms with van der Waals surface area (Å²) in [6, 6.07) is 5.56. The van der Waals surface area contributed by atoms with Crippen LogP contribution in [0.3, 0.4) is 0 Å². The number of likely N-dealkylation sites (tertiary alicyclic amines) is 1. The maximum Gasteiger partial charge on any atom is 0.317 e. The molecule has 1 saturated heterocycles. The van der Waals surface area contributed by atoms with Crippen LogP contribution in [0.15, 0.2) is 18.2 Å². The Morgan fingerprint density at radius 3 is 2.78 bits per heavy atom. The largest absolute Gasteiger partial charge is 0.486 e. The Morgan fingerprint density at radius 1 is 1.26 bits per heavy atom. The Hall–Kier alpha value is -2.44. The second-order valence-corrected chi connectivity index (χ2v) is 5.73. The van der Waals surface area contributed by atoms with E-state index in [1.165, 1.54) is 0 Å². The maximum absolute atomic E-state index is 12.0. The summed E-state index contributed by atoms with van der Waals surface area (Å²) < 4.78 is 11.0. The quantitative estimate of drug-likeness (QED) is 0.868. The van der Waals surface area contributed by atoms with Gasteiger partial charge in [-0.1, -0.05) is 6.07 Å². The molecule has 7 nitrogen and oxygen atoms in total. The van der Waals surface area contributed by atoms with Gasteiger partial charge in [0, 0.05) is 19.6 Å². The van der Waals surface area contributed by atoms with Gasteiger partial charge in [-0.15, -0.1) is 0 Å². The molecule has 0 radical (unpaired) electrons. The van der Waals surface area contributed by atoms with Crippen molar-refractivity contribution in [3.63, 3.8) is 0 Å². The number of amides is 2. The van der Waals surface area contributed by atoms with E-state index < -0.39 is 11.9 Å². The summed E-state index contributed by atoms with van der Waals surface area (Å²) in [5.74, 6) is 0.208. The molecule has 23 heavy (non-hydrogen) atoms. The minimum Gasteiger partial charge on any atom is -0.486 e. The van der Waals surface area contributed by atoms with Gasteiger partial charge in [0.25, 0.3) is 0 Å². The minimum atomic E-state index is -0.837. The van der Waals surface area contributed by atoms with Crippen LogP contribution in [0.4, 0.5) is 4.79 Å².